The number of nitrogens with zero attached hydrogens (tertiary/aromatic N) is 2. The number of carbonyl (C=O) groups excluding carboxylic acids is 1. The number of rotatable bonds is 5. The summed E-state index contributed by atoms with van der Waals surface area (Å²) in [5.41, 5.74) is 13.3. The minimum Gasteiger partial charge on any atom is -0.366 e. The van der Waals surface area contributed by atoms with Crippen molar-refractivity contribution in [3.8, 4) is 22.3 Å². The van der Waals surface area contributed by atoms with Crippen molar-refractivity contribution in [1.82, 2.24) is 9.38 Å². The third kappa shape index (κ3) is 6.02. The molecule has 256 valence electrons. The van der Waals surface area contributed by atoms with Gasteiger partial charge in [-0.2, -0.15) is 0 Å². The van der Waals surface area contributed by atoms with Crippen LogP contribution < -0.4 is 5.73 Å². The molecule has 6 aromatic carbocycles. The molecule has 8 heteroatoms. The summed E-state index contributed by atoms with van der Waals surface area (Å²) in [6, 6.07) is 41.0. The van der Waals surface area contributed by atoms with Crippen molar-refractivity contribution >= 4 is 54.4 Å². The van der Waals surface area contributed by atoms with E-state index in [-0.39, 0.29) is 0 Å². The number of aryl methyl sites for hydroxylation is 1. The van der Waals surface area contributed by atoms with E-state index in [0.29, 0.717) is 23.3 Å². The van der Waals surface area contributed by atoms with E-state index in [1.807, 2.05) is 71.4 Å². The summed E-state index contributed by atoms with van der Waals surface area (Å²) in [6.07, 6.45) is 9.19. The van der Waals surface area contributed by atoms with Crippen molar-refractivity contribution in [3.63, 3.8) is 0 Å². The zero-order valence-corrected chi connectivity index (χ0v) is 29.7. The number of fused-ring (bicyclic) bond motifs is 6. The van der Waals surface area contributed by atoms with E-state index in [1.54, 1.807) is 48.8 Å². The molecule has 0 radical (unpaired) electrons. The lowest BCUT2D eigenvalue weighted by Crippen LogP contribution is -2.28. The number of primary amides is 1. The second kappa shape index (κ2) is 13.8. The van der Waals surface area contributed by atoms with Crippen LogP contribution in [0.25, 0.3) is 49.3 Å². The molecule has 0 spiro atoms. The van der Waals surface area contributed by atoms with Gasteiger partial charge in [0, 0.05) is 40.1 Å². The Balaban J connectivity index is 0.000000181. The molecule has 0 aliphatic heterocycles. The number of aromatic nitrogens is 2. The van der Waals surface area contributed by atoms with Gasteiger partial charge < -0.3 is 10.1 Å². The van der Waals surface area contributed by atoms with Gasteiger partial charge in [0.1, 0.15) is 0 Å². The lowest BCUT2D eigenvalue weighted by molar-refractivity contribution is 0.100. The van der Waals surface area contributed by atoms with Gasteiger partial charge in [-0.3, -0.25) is 9.78 Å². The molecule has 1 unspecified atom stereocenters. The minimum atomic E-state index is -3.37. The fourth-order valence-electron chi connectivity index (χ4n) is 7.51. The highest BCUT2D eigenvalue weighted by molar-refractivity contribution is 7.92. The third-order valence-electron chi connectivity index (χ3n) is 10.0. The predicted octanol–water partition coefficient (Wildman–Crippen LogP) is 9.74. The molecule has 1 aliphatic rings. The van der Waals surface area contributed by atoms with Gasteiger partial charge in [-0.15, -0.1) is 0 Å². The second-order valence-corrected chi connectivity index (χ2v) is 15.6. The van der Waals surface area contributed by atoms with E-state index < -0.39 is 21.0 Å². The van der Waals surface area contributed by atoms with Gasteiger partial charge in [0.25, 0.3) is 0 Å². The average molecular weight is 720 g/mol. The second-order valence-electron chi connectivity index (χ2n) is 13.0. The number of hydrogen-bond acceptors (Lipinski definition) is 4. The molecule has 0 fully saturated rings. The lowest BCUT2D eigenvalue weighted by Gasteiger charge is -2.26. The van der Waals surface area contributed by atoms with Crippen LogP contribution in [0.3, 0.4) is 0 Å². The molecule has 2 aromatic heterocycles. The molecule has 1 atom stereocenters. The number of carbonyl (C=O) groups is 1. The van der Waals surface area contributed by atoms with E-state index in [4.69, 9.17) is 17.3 Å². The summed E-state index contributed by atoms with van der Waals surface area (Å²) in [5, 5.41) is 4.89. The summed E-state index contributed by atoms with van der Waals surface area (Å²) in [4.78, 5) is 16.0. The Morgan fingerprint density at radius 1 is 0.750 bits per heavy atom. The highest BCUT2D eigenvalue weighted by Gasteiger charge is 2.32. The molecule has 0 bridgehead atoms. The van der Waals surface area contributed by atoms with Crippen molar-refractivity contribution in [2.75, 3.05) is 0 Å². The number of hydrogen-bond donors (Lipinski definition) is 1. The van der Waals surface area contributed by atoms with Gasteiger partial charge in [0.05, 0.1) is 21.9 Å². The lowest BCUT2D eigenvalue weighted by atomic mass is 9.84. The van der Waals surface area contributed by atoms with E-state index in [2.05, 4.69) is 41.4 Å². The largest absolute Gasteiger partial charge is 0.366 e. The Morgan fingerprint density at radius 2 is 1.50 bits per heavy atom. The first-order valence-electron chi connectivity index (χ1n) is 17.1. The first kappa shape index (κ1) is 33.4. The summed E-state index contributed by atoms with van der Waals surface area (Å²) in [7, 11) is -3.37. The Labute approximate surface area is 307 Å². The van der Waals surface area contributed by atoms with Crippen molar-refractivity contribution in [3.05, 3.63) is 174 Å². The Morgan fingerprint density at radius 3 is 2.29 bits per heavy atom. The molecule has 52 heavy (non-hydrogen) atoms. The summed E-state index contributed by atoms with van der Waals surface area (Å²) < 4.78 is 28.6. The molecule has 2 heterocycles. The van der Waals surface area contributed by atoms with Gasteiger partial charge in [-0.1, -0.05) is 103 Å². The molecule has 1 aliphatic carbocycles. The van der Waals surface area contributed by atoms with Crippen LogP contribution in [0.5, 0.6) is 0 Å². The Bertz CT molecular complexity index is 2730. The van der Waals surface area contributed by atoms with E-state index in [0.717, 1.165) is 55.5 Å². The maximum atomic E-state index is 13.3. The molecule has 8 aromatic rings. The molecule has 9 rings (SSSR count). The zero-order valence-electron chi connectivity index (χ0n) is 28.1. The van der Waals surface area contributed by atoms with Gasteiger partial charge in [-0.25, -0.2) is 8.42 Å². The Kier molecular flexibility index (Phi) is 8.83. The van der Waals surface area contributed by atoms with E-state index in [9.17, 15) is 13.2 Å². The Hall–Kier alpha value is -5.76. The van der Waals surface area contributed by atoms with Crippen LogP contribution in [-0.4, -0.2) is 29.0 Å². The maximum absolute atomic E-state index is 13.3. The first-order chi connectivity index (χ1) is 25.3. The van der Waals surface area contributed by atoms with Crippen LogP contribution in [0.1, 0.15) is 27.9 Å². The highest BCUT2D eigenvalue weighted by Crippen LogP contribution is 2.42. The van der Waals surface area contributed by atoms with Crippen LogP contribution in [-0.2, 0) is 22.7 Å². The van der Waals surface area contributed by atoms with Gasteiger partial charge in [-0.05, 0) is 99.6 Å². The summed E-state index contributed by atoms with van der Waals surface area (Å²) in [6.45, 7) is 0. The average Bonchev–Trinajstić information content (AvgIpc) is 3.62. The topological polar surface area (TPSA) is 94.5 Å². The zero-order chi connectivity index (χ0) is 35.8. The molecule has 0 saturated heterocycles. The molecule has 2 N–H and O–H groups in total. The first-order valence-corrected chi connectivity index (χ1v) is 19.0. The highest BCUT2D eigenvalue weighted by atomic mass is 35.5. The van der Waals surface area contributed by atoms with Crippen molar-refractivity contribution in [2.45, 2.75) is 29.4 Å². The molecule has 1 amide bonds. The molecular weight excluding hydrogens is 686 g/mol. The van der Waals surface area contributed by atoms with Crippen molar-refractivity contribution < 1.29 is 13.2 Å². The van der Waals surface area contributed by atoms with Crippen molar-refractivity contribution in [2.24, 2.45) is 5.73 Å². The quantitative estimate of drug-likeness (QED) is 0.179. The maximum Gasteiger partial charge on any atom is 0.249 e. The number of amides is 1. The van der Waals surface area contributed by atoms with Gasteiger partial charge in [0.2, 0.25) is 5.91 Å². The summed E-state index contributed by atoms with van der Waals surface area (Å²) >= 11 is 6.72. The fraction of sp³-hybridized carbons (Fsp3) is 0.0909. The SMILES string of the molecule is NC(=O)c1ccccc1-c1ccn2ccncc12.O=S(=O)(c1ccccc1)C1CCc2c(ccc3c2cc(-c2ccccc2)c2c(Cl)cccc23)C1. The van der Waals surface area contributed by atoms with Crippen LogP contribution in [0.15, 0.2) is 157 Å². The number of nitrogens with two attached hydrogens (primary N) is 1. The van der Waals surface area contributed by atoms with E-state index >= 15 is 0 Å². The number of benzene rings is 6. The minimum absolute atomic E-state index is 0.400. The van der Waals surface area contributed by atoms with Crippen LogP contribution in [0, 0.1) is 0 Å². The predicted molar refractivity (Wildman–Crippen MR) is 210 cm³/mol. The van der Waals surface area contributed by atoms with Gasteiger partial charge in [0.15, 0.2) is 9.84 Å². The molecule has 0 saturated carbocycles. The van der Waals surface area contributed by atoms with E-state index in [1.165, 1.54) is 16.3 Å². The molecule has 6 nitrogen and oxygen atoms in total. The third-order valence-corrected chi connectivity index (χ3v) is 12.5. The van der Waals surface area contributed by atoms with Gasteiger partial charge >= 0.3 is 0 Å². The number of halogens is 1. The van der Waals surface area contributed by atoms with Crippen molar-refractivity contribution in [1.29, 1.82) is 0 Å². The number of sulfone groups is 1. The smallest absolute Gasteiger partial charge is 0.249 e. The normalized spacial score (nSPS) is 14.1. The molecular formula is C44H34ClN3O3S. The fourth-order valence-corrected chi connectivity index (χ4v) is 9.54. The summed E-state index contributed by atoms with van der Waals surface area (Å²) in [5.74, 6) is -0.422. The standard InChI is InChI=1S/C30H23ClO2S.C14H11N3O/c31-29-13-7-12-26-25-16-14-21-18-23(34(32,33)22-10-5-2-6-11-22)15-17-24(21)28(25)19-27(30(26)29)20-8-3-1-4-9-20;15-14(18)12-4-2-1-3-10(12)11-5-7-17-8-6-16-9-13(11)17/h1-14,16,19,23H,15,17-18H2;1-9H,(H2,15,18). The van der Waals surface area contributed by atoms with Crippen LogP contribution in [0.4, 0.5) is 0 Å². The van der Waals surface area contributed by atoms with Crippen LogP contribution in [0.2, 0.25) is 5.02 Å². The van der Waals surface area contributed by atoms with Crippen LogP contribution >= 0.6 is 11.6 Å². The monoisotopic (exact) mass is 719 g/mol.